The van der Waals surface area contributed by atoms with Gasteiger partial charge in [-0.3, -0.25) is 9.69 Å². The Kier molecular flexibility index (Phi) is 6.66. The van der Waals surface area contributed by atoms with Crippen molar-refractivity contribution in [3.63, 3.8) is 0 Å². The standard InChI is InChI=1S/C14H21F3N4O4S/c1-26(23,24)20-8-10-2-3-11(25-10)13(22)19-9-12(14(15,16)17)21-6-4-18-5-7-21/h2-3,12,18,20H,4-9H2,1H3,(H,19,22). The molecule has 12 heteroatoms. The first-order valence-electron chi connectivity index (χ1n) is 7.89. The summed E-state index contributed by atoms with van der Waals surface area (Å²) in [4.78, 5) is 13.3. The van der Waals surface area contributed by atoms with Crippen LogP contribution in [0, 0.1) is 0 Å². The highest BCUT2D eigenvalue weighted by atomic mass is 32.2. The maximum atomic E-state index is 13.3. The lowest BCUT2D eigenvalue weighted by atomic mass is 10.2. The fraction of sp³-hybridized carbons (Fsp3) is 0.643. The predicted octanol–water partition coefficient (Wildman–Crippen LogP) is -0.105. The van der Waals surface area contributed by atoms with E-state index in [0.29, 0.717) is 13.1 Å². The summed E-state index contributed by atoms with van der Waals surface area (Å²) in [5.74, 6) is -0.799. The number of sulfonamides is 1. The zero-order chi connectivity index (χ0) is 19.4. The zero-order valence-electron chi connectivity index (χ0n) is 14.1. The van der Waals surface area contributed by atoms with Gasteiger partial charge >= 0.3 is 6.18 Å². The Morgan fingerprint density at radius 2 is 2.00 bits per heavy atom. The number of rotatable bonds is 7. The van der Waals surface area contributed by atoms with Crippen molar-refractivity contribution in [3.8, 4) is 0 Å². The fourth-order valence-corrected chi connectivity index (χ4v) is 2.92. The Morgan fingerprint density at radius 1 is 1.35 bits per heavy atom. The number of alkyl halides is 3. The molecule has 1 aromatic rings. The van der Waals surface area contributed by atoms with E-state index >= 15 is 0 Å². The second-order valence-electron chi connectivity index (χ2n) is 5.91. The highest BCUT2D eigenvalue weighted by molar-refractivity contribution is 7.88. The Morgan fingerprint density at radius 3 is 2.58 bits per heavy atom. The molecule has 0 saturated carbocycles. The molecule has 8 nitrogen and oxygen atoms in total. The van der Waals surface area contributed by atoms with E-state index < -0.39 is 34.7 Å². The lowest BCUT2D eigenvalue weighted by Gasteiger charge is -2.35. The molecule has 0 aliphatic carbocycles. The molecule has 1 aliphatic heterocycles. The van der Waals surface area contributed by atoms with E-state index in [1.165, 1.54) is 17.0 Å². The largest absolute Gasteiger partial charge is 0.455 e. The predicted molar refractivity (Wildman–Crippen MR) is 87.0 cm³/mol. The van der Waals surface area contributed by atoms with E-state index in [9.17, 15) is 26.4 Å². The average molecular weight is 398 g/mol. The van der Waals surface area contributed by atoms with Gasteiger partial charge in [-0.05, 0) is 12.1 Å². The van der Waals surface area contributed by atoms with E-state index in [1.54, 1.807) is 0 Å². The van der Waals surface area contributed by atoms with Gasteiger partial charge in [-0.15, -0.1) is 0 Å². The third kappa shape index (κ3) is 6.27. The minimum Gasteiger partial charge on any atom is -0.455 e. The number of hydrogen-bond acceptors (Lipinski definition) is 6. The summed E-state index contributed by atoms with van der Waals surface area (Å²) in [7, 11) is -3.43. The summed E-state index contributed by atoms with van der Waals surface area (Å²) in [5, 5.41) is 5.21. The van der Waals surface area contributed by atoms with E-state index in [0.717, 1.165) is 6.26 Å². The highest BCUT2D eigenvalue weighted by Crippen LogP contribution is 2.25. The molecule has 1 aliphatic rings. The average Bonchev–Trinajstić information content (AvgIpc) is 3.01. The number of hydrogen-bond donors (Lipinski definition) is 3. The number of piperazine rings is 1. The Labute approximate surface area is 149 Å². The Bertz CT molecular complexity index is 714. The second kappa shape index (κ2) is 8.37. The van der Waals surface area contributed by atoms with Gasteiger partial charge in [0.2, 0.25) is 10.0 Å². The van der Waals surface area contributed by atoms with E-state index in [4.69, 9.17) is 4.42 Å². The first-order chi connectivity index (χ1) is 12.1. The van der Waals surface area contributed by atoms with Gasteiger partial charge in [-0.1, -0.05) is 0 Å². The number of halogens is 3. The quantitative estimate of drug-likeness (QED) is 0.593. The first-order valence-corrected chi connectivity index (χ1v) is 9.78. The number of furan rings is 1. The third-order valence-electron chi connectivity index (χ3n) is 3.82. The van der Waals surface area contributed by atoms with Crippen molar-refractivity contribution in [2.75, 3.05) is 39.0 Å². The number of nitrogens with zero attached hydrogens (tertiary/aromatic N) is 1. The van der Waals surface area contributed by atoms with Crippen LogP contribution in [0.1, 0.15) is 16.3 Å². The molecule has 0 spiro atoms. The van der Waals surface area contributed by atoms with Crippen LogP contribution in [0.25, 0.3) is 0 Å². The van der Waals surface area contributed by atoms with E-state index in [1.807, 2.05) is 0 Å². The van der Waals surface area contributed by atoms with Gasteiger partial charge in [-0.2, -0.15) is 13.2 Å². The molecule has 2 rings (SSSR count). The number of nitrogens with one attached hydrogen (secondary N) is 3. The van der Waals surface area contributed by atoms with Crippen molar-refractivity contribution in [2.24, 2.45) is 0 Å². The van der Waals surface area contributed by atoms with E-state index in [2.05, 4.69) is 15.4 Å². The van der Waals surface area contributed by atoms with Gasteiger partial charge in [0.25, 0.3) is 5.91 Å². The van der Waals surface area contributed by atoms with Crippen molar-refractivity contribution >= 4 is 15.9 Å². The first kappa shape index (κ1) is 20.7. The summed E-state index contributed by atoms with van der Waals surface area (Å²) < 4.78 is 69.2. The van der Waals surface area contributed by atoms with Crippen molar-refractivity contribution in [1.82, 2.24) is 20.3 Å². The lowest BCUT2D eigenvalue weighted by molar-refractivity contribution is -0.183. The molecule has 0 radical (unpaired) electrons. The van der Waals surface area contributed by atoms with Crippen LogP contribution >= 0.6 is 0 Å². The summed E-state index contributed by atoms with van der Waals surface area (Å²) in [6.45, 7) is 0.632. The molecule has 1 fully saturated rings. The number of carbonyl (C=O) groups excluding carboxylic acids is 1. The van der Waals surface area contributed by atoms with Crippen molar-refractivity contribution < 1.29 is 30.8 Å². The van der Waals surface area contributed by atoms with Crippen LogP contribution in [-0.4, -0.2) is 70.4 Å². The molecule has 26 heavy (non-hydrogen) atoms. The Balaban J connectivity index is 1.94. The molecule has 2 heterocycles. The third-order valence-corrected chi connectivity index (χ3v) is 4.49. The van der Waals surface area contributed by atoms with Crippen molar-refractivity contribution in [1.29, 1.82) is 0 Å². The summed E-state index contributed by atoms with van der Waals surface area (Å²) in [6.07, 6.45) is -3.50. The fourth-order valence-electron chi connectivity index (χ4n) is 2.52. The molecule has 3 N–H and O–H groups in total. The monoisotopic (exact) mass is 398 g/mol. The molecule has 0 aromatic carbocycles. The zero-order valence-corrected chi connectivity index (χ0v) is 14.9. The minimum absolute atomic E-state index is 0.155. The summed E-state index contributed by atoms with van der Waals surface area (Å²) in [5.41, 5.74) is 0. The smallest absolute Gasteiger partial charge is 0.405 e. The SMILES string of the molecule is CS(=O)(=O)NCc1ccc(C(=O)NCC(N2CCNCC2)C(F)(F)F)o1. The molecular weight excluding hydrogens is 377 g/mol. The van der Waals surface area contributed by atoms with Gasteiger partial charge in [0.05, 0.1) is 12.8 Å². The van der Waals surface area contributed by atoms with Crippen LogP contribution in [0.15, 0.2) is 16.5 Å². The summed E-state index contributed by atoms with van der Waals surface area (Å²) >= 11 is 0. The topological polar surface area (TPSA) is 104 Å². The van der Waals surface area contributed by atoms with Crippen LogP contribution in [0.4, 0.5) is 13.2 Å². The number of amides is 1. The summed E-state index contributed by atoms with van der Waals surface area (Å²) in [6, 6.07) is 0.877. The molecule has 0 bridgehead atoms. The van der Waals surface area contributed by atoms with Gasteiger partial charge in [0, 0.05) is 32.7 Å². The molecule has 1 atom stereocenters. The maximum Gasteiger partial charge on any atom is 0.405 e. The van der Waals surface area contributed by atoms with Gasteiger partial charge in [-0.25, -0.2) is 13.1 Å². The second-order valence-corrected chi connectivity index (χ2v) is 7.75. The highest BCUT2D eigenvalue weighted by Gasteiger charge is 2.43. The van der Waals surface area contributed by atoms with E-state index in [-0.39, 0.29) is 31.2 Å². The maximum absolute atomic E-state index is 13.3. The van der Waals surface area contributed by atoms with Gasteiger partial charge in [0.15, 0.2) is 5.76 Å². The molecular formula is C14H21F3N4O4S. The molecule has 1 saturated heterocycles. The number of carbonyl (C=O) groups is 1. The van der Waals surface area contributed by atoms with Crippen molar-refractivity contribution in [2.45, 2.75) is 18.8 Å². The van der Waals surface area contributed by atoms with Crippen LogP contribution in [0.3, 0.4) is 0 Å². The molecule has 1 amide bonds. The van der Waals surface area contributed by atoms with Crippen LogP contribution in [0.2, 0.25) is 0 Å². The molecule has 1 unspecified atom stereocenters. The lowest BCUT2D eigenvalue weighted by Crippen LogP contribution is -2.57. The van der Waals surface area contributed by atoms with Crippen molar-refractivity contribution in [3.05, 3.63) is 23.7 Å². The molecule has 1 aromatic heterocycles. The van der Waals surface area contributed by atoms with Crippen LogP contribution < -0.4 is 15.4 Å². The Hall–Kier alpha value is -1.63. The molecule has 148 valence electrons. The van der Waals surface area contributed by atoms with Crippen LogP contribution in [0.5, 0.6) is 0 Å². The normalized spacial score (nSPS) is 17.8. The minimum atomic E-state index is -4.47. The van der Waals surface area contributed by atoms with Gasteiger partial charge in [0.1, 0.15) is 11.8 Å². The van der Waals surface area contributed by atoms with Gasteiger partial charge < -0.3 is 15.1 Å². The van der Waals surface area contributed by atoms with Crippen LogP contribution in [-0.2, 0) is 16.6 Å².